The van der Waals surface area contributed by atoms with E-state index in [1.54, 1.807) is 0 Å². The normalized spacial score (nSPS) is 14.9. The first-order valence-electron chi connectivity index (χ1n) is 42.5. The van der Waals surface area contributed by atoms with Crippen LogP contribution in [-0.4, -0.2) is 58.5 Å². The van der Waals surface area contributed by atoms with E-state index >= 15 is 0 Å². The van der Waals surface area contributed by atoms with Crippen LogP contribution in [0.3, 0.4) is 0 Å². The topological polar surface area (TPSA) is 140 Å². The van der Waals surface area contributed by atoms with Crippen LogP contribution >= 0.6 is 11.3 Å². The third-order valence-corrected chi connectivity index (χ3v) is 24.7. The predicted molar refractivity (Wildman–Crippen MR) is 473 cm³/mol. The molecule has 11 nitrogen and oxygen atoms in total. The summed E-state index contributed by atoms with van der Waals surface area (Å²) in [6.45, 7) is 20.9. The van der Waals surface area contributed by atoms with Gasteiger partial charge in [-0.25, -0.2) is 14.8 Å². The molecule has 1 N–H and O–H groups in total. The minimum Gasteiger partial charge on any atom is -0.493 e. The van der Waals surface area contributed by atoms with E-state index in [0.717, 1.165) is 175 Å². The summed E-state index contributed by atoms with van der Waals surface area (Å²) >= 11 is 1.39. The number of aromatic nitrogens is 3. The van der Waals surface area contributed by atoms with E-state index in [1.807, 2.05) is 60.8 Å². The van der Waals surface area contributed by atoms with Crippen molar-refractivity contribution in [3.05, 3.63) is 239 Å². The zero-order valence-corrected chi connectivity index (χ0v) is 69.0. The molecule has 1 aliphatic carbocycles. The Hall–Kier alpha value is -10.6. The smallest absolute Gasteiger partial charge is 0.346 e. The van der Waals surface area contributed by atoms with Crippen LogP contribution in [0.2, 0.25) is 0 Å². The molecule has 6 unspecified atom stereocenters. The fourth-order valence-electron chi connectivity index (χ4n) is 16.5. The quantitative estimate of drug-likeness (QED) is 0.0223. The van der Waals surface area contributed by atoms with Crippen molar-refractivity contribution in [1.29, 1.82) is 5.26 Å². The Morgan fingerprint density at radius 3 is 1.48 bits per heavy atom. The van der Waals surface area contributed by atoms with Crippen LogP contribution in [0.1, 0.15) is 210 Å². The second-order valence-electron chi connectivity index (χ2n) is 31.3. The zero-order chi connectivity index (χ0) is 79.3. The highest BCUT2D eigenvalue weighted by Crippen LogP contribution is 2.54. The van der Waals surface area contributed by atoms with E-state index in [9.17, 15) is 15.2 Å². The summed E-state index contributed by atoms with van der Waals surface area (Å²) < 4.78 is 27.0. The maximum Gasteiger partial charge on any atom is 0.346 e. The first-order valence-corrected chi connectivity index (χ1v) is 43.3. The maximum absolute atomic E-state index is 12.0. The number of carbonyl (C=O) groups is 1. The molecule has 2 aliphatic rings. The highest BCUT2D eigenvalue weighted by Gasteiger charge is 2.42. The average molecular weight is 1540 g/mol. The SMILES string of the molecule is CCCCC(CC)COc1ccc(-c2ccc(C(=Cc3ccc(N4c5ccc(-c6ncc(-c7ccc(/C=C(\C#N)C(=O)O)s7)c7nc(-c8ccccc8)c(-c8ccccc8)nc67)cc5C5CCCC54)cc3)c3ccc(-c4ccc(OCC(CC)CCCC)cc4OCC(CC)CCCC)cc3)cc2)c(OCC(CC)CCCC)c1. The van der Waals surface area contributed by atoms with Crippen LogP contribution in [0, 0.1) is 35.0 Å². The van der Waals surface area contributed by atoms with Gasteiger partial charge in [0.2, 0.25) is 0 Å². The van der Waals surface area contributed by atoms with Crippen molar-refractivity contribution in [2.75, 3.05) is 31.3 Å². The van der Waals surface area contributed by atoms with Crippen molar-refractivity contribution >= 4 is 57.4 Å². The predicted octanol–water partition coefficient (Wildman–Crippen LogP) is 27.8. The van der Waals surface area contributed by atoms with E-state index in [1.165, 1.54) is 92.9 Å². The Bertz CT molecular complexity index is 4970. The molecule has 12 heteroatoms. The standard InChI is InChI=1S/C102H113N5O6S/c1-9-17-28-69(13-5)65-110-83-51-54-86(94(61-83)112-67-71(15-7)30-19-11-3)74-40-44-76(45-41-74)89(77-46-42-75(43-47-77)87-55-52-84(111-66-70(14-6)29-18-10-2)62-95(87)113-68-72(16-8)31-20-12-4)58-73-38-49-82(50-39-73)107-92-37-27-36-88(92)90-60-80(48-56-93(90)107)97-101-100(91(64-104-97)96-57-53-85(114-96)59-81(63-103)102(108)109)105-98(78-32-23-21-24-33-78)99(106-101)79-34-25-22-26-35-79/h21-26,32-35,38-62,64,69-72,88,92H,9-20,27-31,36-37,65-68H2,1-8H3,(H,108,109)/b81-59+,89-58?. The van der Waals surface area contributed by atoms with Gasteiger partial charge in [-0.05, 0) is 174 Å². The molecule has 3 aromatic heterocycles. The van der Waals surface area contributed by atoms with Gasteiger partial charge in [-0.1, -0.05) is 266 Å². The van der Waals surface area contributed by atoms with Gasteiger partial charge in [0, 0.05) is 84.8 Å². The number of fused-ring (bicyclic) bond motifs is 4. The Balaban J connectivity index is 0.866. The number of anilines is 2. The van der Waals surface area contributed by atoms with Gasteiger partial charge in [0.1, 0.15) is 45.7 Å². The van der Waals surface area contributed by atoms with Crippen molar-refractivity contribution in [2.24, 2.45) is 23.7 Å². The molecule has 0 amide bonds. The van der Waals surface area contributed by atoms with Crippen LogP contribution in [0.15, 0.2) is 212 Å². The number of nitrogens with zero attached hydrogens (tertiary/aromatic N) is 5. The molecule has 4 heterocycles. The van der Waals surface area contributed by atoms with E-state index in [2.05, 4.69) is 218 Å². The van der Waals surface area contributed by atoms with Gasteiger partial charge in [0.25, 0.3) is 0 Å². The molecule has 8 aromatic carbocycles. The molecule has 0 saturated heterocycles. The van der Waals surface area contributed by atoms with Crippen molar-refractivity contribution in [3.63, 3.8) is 0 Å². The molecular formula is C102H113N5O6S. The molecule has 0 radical (unpaired) electrons. The van der Waals surface area contributed by atoms with Crippen LogP contribution in [0.25, 0.3) is 95.2 Å². The van der Waals surface area contributed by atoms with Gasteiger partial charge >= 0.3 is 5.97 Å². The first kappa shape index (κ1) is 81.4. The Morgan fingerprint density at radius 2 is 1.00 bits per heavy atom. The number of hydrogen-bond acceptors (Lipinski definition) is 11. The maximum atomic E-state index is 12.0. The largest absolute Gasteiger partial charge is 0.493 e. The van der Waals surface area contributed by atoms with Gasteiger partial charge < -0.3 is 29.0 Å². The lowest BCUT2D eigenvalue weighted by molar-refractivity contribution is -0.132. The molecule has 11 aromatic rings. The van der Waals surface area contributed by atoms with E-state index in [0.29, 0.717) is 71.9 Å². The molecule has 0 spiro atoms. The number of benzene rings is 8. The lowest BCUT2D eigenvalue weighted by Crippen LogP contribution is -2.26. The first-order chi connectivity index (χ1) is 55.9. The number of unbranched alkanes of at least 4 members (excludes halogenated alkanes) is 4. The molecule has 6 atom stereocenters. The highest BCUT2D eigenvalue weighted by atomic mass is 32.1. The Kier molecular flexibility index (Phi) is 28.5. The Morgan fingerprint density at radius 1 is 0.509 bits per heavy atom. The summed E-state index contributed by atoms with van der Waals surface area (Å²) in [4.78, 5) is 32.5. The monoisotopic (exact) mass is 1540 g/mol. The zero-order valence-electron chi connectivity index (χ0n) is 68.1. The molecule has 13 rings (SSSR count). The summed E-state index contributed by atoms with van der Waals surface area (Å²) in [6.07, 6.45) is 27.4. The van der Waals surface area contributed by atoms with Gasteiger partial charge in [-0.15, -0.1) is 11.3 Å². The molecular weight excluding hydrogens is 1420 g/mol. The minimum atomic E-state index is -1.27. The number of nitriles is 1. The second kappa shape index (κ2) is 39.9. The summed E-state index contributed by atoms with van der Waals surface area (Å²) in [5.41, 5.74) is 19.1. The van der Waals surface area contributed by atoms with Gasteiger partial charge in [0.05, 0.1) is 43.5 Å². The average Bonchev–Trinajstić information content (AvgIpc) is 1.60. The van der Waals surface area contributed by atoms with Crippen LogP contribution in [-0.2, 0) is 4.79 Å². The third kappa shape index (κ3) is 19.6. The summed E-state index contributed by atoms with van der Waals surface area (Å²) in [5.74, 6) is 4.44. The molecule has 1 saturated carbocycles. The number of carboxylic acid groups (broad SMARTS) is 1. The number of carboxylic acids is 1. The van der Waals surface area contributed by atoms with Gasteiger partial charge in [-0.2, -0.15) is 5.26 Å². The second-order valence-corrected chi connectivity index (χ2v) is 32.4. The molecule has 588 valence electrons. The fraction of sp³-hybridized carbons (Fsp3) is 0.363. The number of pyridine rings is 1. The van der Waals surface area contributed by atoms with E-state index < -0.39 is 5.97 Å². The molecule has 0 bridgehead atoms. The van der Waals surface area contributed by atoms with Crippen molar-refractivity contribution in [1.82, 2.24) is 15.0 Å². The highest BCUT2D eigenvalue weighted by molar-refractivity contribution is 7.16. The van der Waals surface area contributed by atoms with Crippen LogP contribution in [0.4, 0.5) is 11.4 Å². The number of ether oxygens (including phenoxy) is 4. The van der Waals surface area contributed by atoms with Crippen LogP contribution in [0.5, 0.6) is 23.0 Å². The summed E-state index contributed by atoms with van der Waals surface area (Å²) in [7, 11) is 0. The fourth-order valence-corrected chi connectivity index (χ4v) is 17.4. The third-order valence-electron chi connectivity index (χ3n) is 23.6. The number of thiophene rings is 1. The molecule has 1 fully saturated rings. The van der Waals surface area contributed by atoms with Gasteiger partial charge in [0.15, 0.2) is 0 Å². The van der Waals surface area contributed by atoms with Crippen molar-refractivity contribution in [3.8, 4) is 95.5 Å². The lowest BCUT2D eigenvalue weighted by atomic mass is 9.92. The summed E-state index contributed by atoms with van der Waals surface area (Å²) in [5, 5.41) is 19.4. The molecule has 1 aliphatic heterocycles. The van der Waals surface area contributed by atoms with E-state index in [-0.39, 0.29) is 11.6 Å². The Labute approximate surface area is 681 Å². The van der Waals surface area contributed by atoms with Crippen LogP contribution < -0.4 is 23.8 Å². The van der Waals surface area contributed by atoms with Crippen molar-refractivity contribution < 1.29 is 28.8 Å². The number of hydrogen-bond donors (Lipinski definition) is 1. The number of aliphatic carboxylic acids is 1. The lowest BCUT2D eigenvalue weighted by Gasteiger charge is -2.27. The minimum absolute atomic E-state index is 0.277. The molecule has 114 heavy (non-hydrogen) atoms. The number of rotatable bonds is 40. The summed E-state index contributed by atoms with van der Waals surface area (Å²) in [6, 6.07) is 73.3. The van der Waals surface area contributed by atoms with Crippen molar-refractivity contribution in [2.45, 2.75) is 189 Å². The van der Waals surface area contributed by atoms with E-state index in [4.69, 9.17) is 33.9 Å². The van der Waals surface area contributed by atoms with Gasteiger partial charge in [-0.3, -0.25) is 4.98 Å².